The number of rotatable bonds is 22. The second-order valence-corrected chi connectivity index (χ2v) is 8.14. The van der Waals surface area contributed by atoms with Gasteiger partial charge in [0.2, 0.25) is 0 Å². The van der Waals surface area contributed by atoms with E-state index in [-0.39, 0.29) is 12.4 Å². The minimum absolute atomic E-state index is 0. The first-order chi connectivity index (χ1) is 12.8. The smallest absolute Gasteiger partial charge is 0.0928 e. The predicted octanol–water partition coefficient (Wildman–Crippen LogP) is 4.34. The largest absolute Gasteiger partial charge is 1.00 e. The van der Waals surface area contributed by atoms with Gasteiger partial charge in [-0.05, 0) is 12.8 Å². The summed E-state index contributed by atoms with van der Waals surface area (Å²) in [5, 5.41) is 2.49. The van der Waals surface area contributed by atoms with E-state index in [9.17, 15) is 0 Å². The fourth-order valence-corrected chi connectivity index (χ4v) is 3.76. The Balaban J connectivity index is 0. The monoisotopic (exact) mass is 399 g/mol. The number of unbranched alkanes of at least 4 members (excludes halogenated alkanes) is 15. The Hall–Kier alpha value is -0.270. The molecule has 1 nitrogen and oxygen atoms in total. The molecule has 0 amide bonds. The summed E-state index contributed by atoms with van der Waals surface area (Å²) in [6, 6.07) is 0.668. The fourth-order valence-electron chi connectivity index (χ4n) is 3.76. The van der Waals surface area contributed by atoms with Crippen LogP contribution < -0.4 is 17.7 Å². The highest BCUT2D eigenvalue weighted by Gasteiger charge is 2.06. The van der Waals surface area contributed by atoms with Crippen molar-refractivity contribution in [2.24, 2.45) is 0 Å². The van der Waals surface area contributed by atoms with E-state index in [0.29, 0.717) is 6.04 Å². The molecule has 0 bridgehead atoms. The van der Waals surface area contributed by atoms with Crippen molar-refractivity contribution in [3.8, 4) is 0 Å². The van der Waals surface area contributed by atoms with Crippen molar-refractivity contribution in [3.63, 3.8) is 0 Å². The van der Waals surface area contributed by atoms with Gasteiger partial charge < -0.3 is 17.7 Å². The van der Waals surface area contributed by atoms with E-state index in [1.165, 1.54) is 109 Å². The zero-order chi connectivity index (χ0) is 19.1. The summed E-state index contributed by atoms with van der Waals surface area (Å²) >= 11 is 0. The van der Waals surface area contributed by atoms with E-state index >= 15 is 0 Å². The molecule has 0 fully saturated rings. The van der Waals surface area contributed by atoms with Crippen LogP contribution in [0.4, 0.5) is 0 Å². The maximum atomic E-state index is 3.86. The molecular weight excluding hydrogens is 350 g/mol. The summed E-state index contributed by atoms with van der Waals surface area (Å²) < 4.78 is 0. The lowest BCUT2D eigenvalue weighted by Gasteiger charge is -2.11. The van der Waals surface area contributed by atoms with Crippen LogP contribution in [0.5, 0.6) is 0 Å². The van der Waals surface area contributed by atoms with Crippen LogP contribution in [-0.4, -0.2) is 12.6 Å². The van der Waals surface area contributed by atoms with E-state index in [1.54, 1.807) is 0 Å². The minimum Gasteiger partial charge on any atom is -1.00 e. The highest BCUT2D eigenvalue weighted by molar-refractivity contribution is 4.78. The van der Waals surface area contributed by atoms with Crippen LogP contribution in [0.2, 0.25) is 0 Å². The Bertz CT molecular complexity index is 280. The first kappa shape index (κ1) is 28.9. The van der Waals surface area contributed by atoms with Crippen LogP contribution in [0.25, 0.3) is 0 Å². The van der Waals surface area contributed by atoms with Gasteiger partial charge in [-0.1, -0.05) is 109 Å². The van der Waals surface area contributed by atoms with Crippen molar-refractivity contribution in [2.45, 2.75) is 129 Å². The van der Waals surface area contributed by atoms with Gasteiger partial charge in [0.15, 0.2) is 0 Å². The molecule has 0 aromatic carbocycles. The van der Waals surface area contributed by atoms with Crippen molar-refractivity contribution < 1.29 is 17.7 Å². The molecule has 0 saturated carbocycles. The summed E-state index contributed by atoms with van der Waals surface area (Å²) in [6.45, 7) is 11.3. The molecule has 0 aliphatic carbocycles. The molecule has 2 heteroatoms. The maximum Gasteiger partial charge on any atom is 0.0928 e. The molecule has 162 valence electrons. The number of quaternary nitrogens is 1. The SMILES string of the molecule is C=CCC(CC=C)[NH2+]CCCCCCCCCCCCCCCCCC.[Cl-]. The molecule has 0 heterocycles. The third-order valence-corrected chi connectivity index (χ3v) is 5.50. The fraction of sp³-hybridized carbons (Fsp3) is 0.840. The Morgan fingerprint density at radius 3 is 1.26 bits per heavy atom. The average Bonchev–Trinajstić information content (AvgIpc) is 2.64. The van der Waals surface area contributed by atoms with Crippen molar-refractivity contribution in [1.29, 1.82) is 0 Å². The van der Waals surface area contributed by atoms with Gasteiger partial charge in [0, 0.05) is 12.8 Å². The Morgan fingerprint density at radius 1 is 0.593 bits per heavy atom. The average molecular weight is 400 g/mol. The van der Waals surface area contributed by atoms with E-state index in [0.717, 1.165) is 12.8 Å². The summed E-state index contributed by atoms with van der Waals surface area (Å²) in [7, 11) is 0. The van der Waals surface area contributed by atoms with Gasteiger partial charge in [-0.15, -0.1) is 13.2 Å². The first-order valence-electron chi connectivity index (χ1n) is 11.9. The lowest BCUT2D eigenvalue weighted by molar-refractivity contribution is -0.688. The zero-order valence-corrected chi connectivity index (χ0v) is 19.3. The van der Waals surface area contributed by atoms with Crippen LogP contribution in [0.15, 0.2) is 25.3 Å². The molecule has 0 aromatic heterocycles. The van der Waals surface area contributed by atoms with Crippen LogP contribution in [0, 0.1) is 0 Å². The molecular formula is C25H50ClN. The van der Waals surface area contributed by atoms with E-state index in [2.05, 4.69) is 25.4 Å². The van der Waals surface area contributed by atoms with Gasteiger partial charge in [0.1, 0.15) is 0 Å². The minimum atomic E-state index is 0. The third-order valence-electron chi connectivity index (χ3n) is 5.50. The summed E-state index contributed by atoms with van der Waals surface area (Å²) in [4.78, 5) is 0. The van der Waals surface area contributed by atoms with Gasteiger partial charge >= 0.3 is 0 Å². The van der Waals surface area contributed by atoms with Crippen molar-refractivity contribution >= 4 is 0 Å². The van der Waals surface area contributed by atoms with E-state index in [1.807, 2.05) is 12.2 Å². The quantitative estimate of drug-likeness (QED) is 0.206. The first-order valence-corrected chi connectivity index (χ1v) is 11.9. The van der Waals surface area contributed by atoms with Gasteiger partial charge in [0.05, 0.1) is 12.6 Å². The normalized spacial score (nSPS) is 10.7. The molecule has 0 aromatic rings. The topological polar surface area (TPSA) is 16.6 Å². The number of halogens is 1. The molecule has 0 saturated heterocycles. The Morgan fingerprint density at radius 2 is 0.926 bits per heavy atom. The highest BCUT2D eigenvalue weighted by atomic mass is 35.5. The van der Waals surface area contributed by atoms with Crippen LogP contribution in [-0.2, 0) is 0 Å². The van der Waals surface area contributed by atoms with Gasteiger partial charge in [-0.2, -0.15) is 0 Å². The summed E-state index contributed by atoms with van der Waals surface area (Å²) in [6.07, 6.45) is 29.4. The van der Waals surface area contributed by atoms with Gasteiger partial charge in [-0.25, -0.2) is 0 Å². The number of hydrogen-bond acceptors (Lipinski definition) is 0. The highest BCUT2D eigenvalue weighted by Crippen LogP contribution is 2.13. The molecule has 0 atom stereocenters. The maximum absolute atomic E-state index is 3.86. The van der Waals surface area contributed by atoms with Crippen LogP contribution in [0.3, 0.4) is 0 Å². The Kier molecular flexibility index (Phi) is 27.6. The lowest BCUT2D eigenvalue weighted by Crippen LogP contribution is -3.00. The van der Waals surface area contributed by atoms with Gasteiger partial charge in [0.25, 0.3) is 0 Å². The van der Waals surface area contributed by atoms with Gasteiger partial charge in [-0.3, -0.25) is 0 Å². The predicted molar refractivity (Wildman–Crippen MR) is 120 cm³/mol. The molecule has 0 aliphatic rings. The van der Waals surface area contributed by atoms with Crippen LogP contribution >= 0.6 is 0 Å². The summed E-state index contributed by atoms with van der Waals surface area (Å²) in [5.74, 6) is 0. The molecule has 0 unspecified atom stereocenters. The Labute approximate surface area is 178 Å². The number of nitrogens with two attached hydrogens (primary N) is 1. The van der Waals surface area contributed by atoms with Crippen molar-refractivity contribution in [2.75, 3.05) is 6.54 Å². The molecule has 27 heavy (non-hydrogen) atoms. The molecule has 0 rings (SSSR count). The molecule has 0 aliphatic heterocycles. The second-order valence-electron chi connectivity index (χ2n) is 8.14. The molecule has 2 N–H and O–H groups in total. The lowest BCUT2D eigenvalue weighted by atomic mass is 10.0. The number of hydrogen-bond donors (Lipinski definition) is 1. The molecule has 0 radical (unpaired) electrons. The molecule has 0 spiro atoms. The van der Waals surface area contributed by atoms with Crippen molar-refractivity contribution in [1.82, 2.24) is 0 Å². The van der Waals surface area contributed by atoms with Crippen molar-refractivity contribution in [3.05, 3.63) is 25.3 Å². The van der Waals surface area contributed by atoms with E-state index in [4.69, 9.17) is 0 Å². The zero-order valence-electron chi connectivity index (χ0n) is 18.5. The van der Waals surface area contributed by atoms with E-state index < -0.39 is 0 Å². The van der Waals surface area contributed by atoms with Crippen LogP contribution in [0.1, 0.15) is 122 Å². The third kappa shape index (κ3) is 23.7. The second kappa shape index (κ2) is 25.7. The summed E-state index contributed by atoms with van der Waals surface area (Å²) in [5.41, 5.74) is 0. The standard InChI is InChI=1S/C25H49N.ClH/c1-4-7-8-9-10-11-12-13-14-15-16-17-18-19-20-21-24-26-25(22-5-2)23-6-3;/h5-6,25-26H,2-4,7-24H2,1H3;1H.